The van der Waals surface area contributed by atoms with Crippen LogP contribution in [0.2, 0.25) is 5.02 Å². The topological polar surface area (TPSA) is 62.6 Å². The standard InChI is InChI=1S/C24H27ClFN3O3S/c1-3-4-9-29-16-23(33(31,32)18-7-5-17(25)6-8-18)24(30)19-14-20(26)22(15-21(19)29)28-12-10-27(2)11-13-28/h5-8,14-16H,3-4,9-13H2,1-2H3. The van der Waals surface area contributed by atoms with Gasteiger partial charge in [0.2, 0.25) is 15.3 Å². The number of anilines is 1. The van der Waals surface area contributed by atoms with Crippen molar-refractivity contribution >= 4 is 38.0 Å². The van der Waals surface area contributed by atoms with Crippen molar-refractivity contribution in [1.82, 2.24) is 9.47 Å². The predicted molar refractivity (Wildman–Crippen MR) is 130 cm³/mol. The molecule has 0 amide bonds. The van der Waals surface area contributed by atoms with Crippen LogP contribution in [0.5, 0.6) is 0 Å². The number of nitrogens with zero attached hydrogens (tertiary/aromatic N) is 3. The van der Waals surface area contributed by atoms with Crippen molar-refractivity contribution in [2.75, 3.05) is 38.1 Å². The molecule has 9 heteroatoms. The SMILES string of the molecule is CCCCn1cc(S(=O)(=O)c2ccc(Cl)cc2)c(=O)c2cc(F)c(N3CCN(C)CC3)cc21. The quantitative estimate of drug-likeness (QED) is 0.517. The summed E-state index contributed by atoms with van der Waals surface area (Å²) in [5.74, 6) is -0.521. The first-order valence-corrected chi connectivity index (χ1v) is 12.9. The molecular formula is C24H27ClFN3O3S. The van der Waals surface area contributed by atoms with Crippen LogP contribution >= 0.6 is 11.6 Å². The first-order valence-electron chi connectivity index (χ1n) is 11.0. The number of sulfone groups is 1. The fraction of sp³-hybridized carbons (Fsp3) is 0.375. The van der Waals surface area contributed by atoms with Crippen LogP contribution in [0.3, 0.4) is 0 Å². The van der Waals surface area contributed by atoms with Gasteiger partial charge in [0.25, 0.3) is 0 Å². The number of unbranched alkanes of at least 4 members (excludes halogenated alkanes) is 1. The maximum Gasteiger partial charge on any atom is 0.211 e. The Morgan fingerprint density at radius 3 is 2.36 bits per heavy atom. The summed E-state index contributed by atoms with van der Waals surface area (Å²) < 4.78 is 43.6. The van der Waals surface area contributed by atoms with Gasteiger partial charge < -0.3 is 14.4 Å². The average Bonchev–Trinajstić information content (AvgIpc) is 2.79. The van der Waals surface area contributed by atoms with Crippen molar-refractivity contribution in [3.05, 3.63) is 63.7 Å². The van der Waals surface area contributed by atoms with Crippen LogP contribution in [0, 0.1) is 5.82 Å². The van der Waals surface area contributed by atoms with Crippen LogP contribution in [0.4, 0.5) is 10.1 Å². The number of pyridine rings is 1. The highest BCUT2D eigenvalue weighted by atomic mass is 35.5. The Balaban J connectivity index is 1.90. The summed E-state index contributed by atoms with van der Waals surface area (Å²) in [4.78, 5) is 17.1. The molecule has 0 bridgehead atoms. The van der Waals surface area contributed by atoms with Gasteiger partial charge in [-0.2, -0.15) is 0 Å². The van der Waals surface area contributed by atoms with Gasteiger partial charge in [-0.05, 0) is 49.9 Å². The molecule has 3 aromatic rings. The number of aryl methyl sites for hydroxylation is 1. The molecule has 1 aromatic heterocycles. The molecule has 0 spiro atoms. The van der Waals surface area contributed by atoms with Crippen LogP contribution in [0.1, 0.15) is 19.8 Å². The predicted octanol–water partition coefficient (Wildman–Crippen LogP) is 4.18. The van der Waals surface area contributed by atoms with Gasteiger partial charge in [-0.1, -0.05) is 24.9 Å². The van der Waals surface area contributed by atoms with E-state index in [0.29, 0.717) is 35.9 Å². The molecule has 0 radical (unpaired) electrons. The fourth-order valence-corrected chi connectivity index (χ4v) is 5.60. The van der Waals surface area contributed by atoms with Gasteiger partial charge in [0.05, 0.1) is 21.5 Å². The van der Waals surface area contributed by atoms with Crippen molar-refractivity contribution in [3.8, 4) is 0 Å². The summed E-state index contributed by atoms with van der Waals surface area (Å²) in [5.41, 5.74) is 0.281. The van der Waals surface area contributed by atoms with Crippen molar-refractivity contribution in [1.29, 1.82) is 0 Å². The molecule has 0 aliphatic carbocycles. The zero-order valence-corrected chi connectivity index (χ0v) is 20.3. The average molecular weight is 492 g/mol. The number of rotatable bonds is 6. The molecule has 6 nitrogen and oxygen atoms in total. The lowest BCUT2D eigenvalue weighted by Crippen LogP contribution is -2.44. The Hall–Kier alpha value is -2.42. The minimum atomic E-state index is -4.11. The van der Waals surface area contributed by atoms with Gasteiger partial charge >= 0.3 is 0 Å². The summed E-state index contributed by atoms with van der Waals surface area (Å²) in [6.45, 7) is 5.55. The van der Waals surface area contributed by atoms with Gasteiger partial charge in [0.1, 0.15) is 10.7 Å². The van der Waals surface area contributed by atoms with Crippen molar-refractivity contribution in [2.45, 2.75) is 36.1 Å². The number of benzene rings is 2. The molecule has 176 valence electrons. The van der Waals surface area contributed by atoms with E-state index >= 15 is 4.39 Å². The monoisotopic (exact) mass is 491 g/mol. The lowest BCUT2D eigenvalue weighted by molar-refractivity contribution is 0.312. The third-order valence-electron chi connectivity index (χ3n) is 6.13. The molecule has 0 N–H and O–H groups in total. The molecule has 1 fully saturated rings. The lowest BCUT2D eigenvalue weighted by Gasteiger charge is -2.34. The lowest BCUT2D eigenvalue weighted by atomic mass is 10.1. The highest BCUT2D eigenvalue weighted by molar-refractivity contribution is 7.91. The number of piperazine rings is 1. The van der Waals surface area contributed by atoms with E-state index < -0.39 is 21.1 Å². The molecule has 2 aromatic carbocycles. The van der Waals surface area contributed by atoms with Crippen LogP contribution < -0.4 is 10.3 Å². The maximum absolute atomic E-state index is 15.2. The van der Waals surface area contributed by atoms with Crippen molar-refractivity contribution < 1.29 is 12.8 Å². The fourth-order valence-electron chi connectivity index (χ4n) is 4.11. The zero-order valence-electron chi connectivity index (χ0n) is 18.7. The number of likely N-dealkylation sites (N-methyl/N-ethyl adjacent to an activating group) is 1. The molecule has 4 rings (SSSR count). The Morgan fingerprint density at radius 1 is 1.06 bits per heavy atom. The van der Waals surface area contributed by atoms with E-state index in [0.717, 1.165) is 25.9 Å². The number of fused-ring (bicyclic) bond motifs is 1. The molecule has 33 heavy (non-hydrogen) atoms. The smallest absolute Gasteiger partial charge is 0.211 e. The molecule has 1 aliphatic heterocycles. The van der Waals surface area contributed by atoms with Gasteiger partial charge in [0, 0.05) is 43.9 Å². The highest BCUT2D eigenvalue weighted by Gasteiger charge is 2.26. The van der Waals surface area contributed by atoms with E-state index in [1.807, 2.05) is 18.9 Å². The minimum absolute atomic E-state index is 0.0279. The molecule has 0 saturated carbocycles. The summed E-state index contributed by atoms with van der Waals surface area (Å²) in [5, 5.41) is 0.461. The molecule has 1 saturated heterocycles. The summed E-state index contributed by atoms with van der Waals surface area (Å²) in [7, 11) is -2.08. The molecule has 1 aliphatic rings. The third-order valence-corrected chi connectivity index (χ3v) is 8.14. The van der Waals surface area contributed by atoms with Gasteiger partial charge in [0.15, 0.2) is 0 Å². The van der Waals surface area contributed by atoms with Crippen LogP contribution in [0.15, 0.2) is 57.2 Å². The number of aromatic nitrogens is 1. The van der Waals surface area contributed by atoms with Crippen molar-refractivity contribution in [3.63, 3.8) is 0 Å². The van der Waals surface area contributed by atoms with Crippen LogP contribution in [-0.4, -0.2) is 51.1 Å². The summed E-state index contributed by atoms with van der Waals surface area (Å²) in [6.07, 6.45) is 3.08. The minimum Gasteiger partial charge on any atom is -0.367 e. The highest BCUT2D eigenvalue weighted by Crippen LogP contribution is 2.28. The summed E-state index contributed by atoms with van der Waals surface area (Å²) >= 11 is 5.89. The van der Waals surface area contributed by atoms with E-state index in [1.165, 1.54) is 36.5 Å². The Morgan fingerprint density at radius 2 is 1.73 bits per heavy atom. The van der Waals surface area contributed by atoms with Crippen LogP contribution in [-0.2, 0) is 16.4 Å². The van der Waals surface area contributed by atoms with Crippen LogP contribution in [0.25, 0.3) is 10.9 Å². The molecular weight excluding hydrogens is 465 g/mol. The normalized spacial score (nSPS) is 15.3. The maximum atomic E-state index is 15.2. The second-order valence-electron chi connectivity index (χ2n) is 8.44. The third kappa shape index (κ3) is 4.65. The van der Waals surface area contributed by atoms with E-state index in [-0.39, 0.29) is 15.2 Å². The van der Waals surface area contributed by atoms with E-state index in [9.17, 15) is 13.2 Å². The van der Waals surface area contributed by atoms with E-state index in [2.05, 4.69) is 4.90 Å². The van der Waals surface area contributed by atoms with Gasteiger partial charge in [-0.15, -0.1) is 0 Å². The second-order valence-corrected chi connectivity index (χ2v) is 10.8. The van der Waals surface area contributed by atoms with Gasteiger partial charge in [-0.3, -0.25) is 4.79 Å². The molecule has 0 atom stereocenters. The van der Waals surface area contributed by atoms with E-state index in [4.69, 9.17) is 11.6 Å². The summed E-state index contributed by atoms with van der Waals surface area (Å²) in [6, 6.07) is 8.55. The largest absolute Gasteiger partial charge is 0.367 e. The Labute approximate surface area is 198 Å². The molecule has 2 heterocycles. The Bertz CT molecular complexity index is 1330. The number of hydrogen-bond donors (Lipinski definition) is 0. The first kappa shape index (κ1) is 23.7. The molecule has 0 unspecified atom stereocenters. The number of hydrogen-bond acceptors (Lipinski definition) is 5. The zero-order chi connectivity index (χ0) is 23.8. The first-order chi connectivity index (χ1) is 15.7. The second kappa shape index (κ2) is 9.44. The number of halogens is 2. The van der Waals surface area contributed by atoms with Gasteiger partial charge in [-0.25, -0.2) is 12.8 Å². The van der Waals surface area contributed by atoms with Crippen molar-refractivity contribution in [2.24, 2.45) is 0 Å². The Kier molecular flexibility index (Phi) is 6.79. The van der Waals surface area contributed by atoms with E-state index in [1.54, 1.807) is 10.6 Å².